The van der Waals surface area contributed by atoms with Crippen LogP contribution >= 0.6 is 0 Å². The lowest BCUT2D eigenvalue weighted by molar-refractivity contribution is -0.117. The van der Waals surface area contributed by atoms with Gasteiger partial charge in [0.15, 0.2) is 0 Å². The van der Waals surface area contributed by atoms with Crippen LogP contribution in [0.5, 0.6) is 0 Å². The van der Waals surface area contributed by atoms with E-state index >= 15 is 0 Å². The fourth-order valence-corrected chi connectivity index (χ4v) is 1.76. The molecule has 3 nitrogen and oxygen atoms in total. The van der Waals surface area contributed by atoms with Crippen molar-refractivity contribution in [3.05, 3.63) is 29.8 Å². The van der Waals surface area contributed by atoms with Gasteiger partial charge in [-0.15, -0.1) is 0 Å². The average Bonchev–Trinajstić information content (AvgIpc) is 2.50. The van der Waals surface area contributed by atoms with Gasteiger partial charge in [0.1, 0.15) is 6.04 Å². The lowest BCUT2D eigenvalue weighted by Crippen LogP contribution is -2.30. The second-order valence-corrected chi connectivity index (χ2v) is 4.31. The van der Waals surface area contributed by atoms with E-state index in [4.69, 9.17) is 0 Å². The molecule has 3 heteroatoms. The van der Waals surface area contributed by atoms with Crippen molar-refractivity contribution in [2.24, 2.45) is 5.92 Å². The van der Waals surface area contributed by atoms with Crippen LogP contribution in [-0.4, -0.2) is 12.5 Å². The van der Waals surface area contributed by atoms with Crippen molar-refractivity contribution in [2.75, 3.05) is 11.9 Å². The smallest absolute Gasteiger partial charge is 0.246 e. The zero-order chi connectivity index (χ0) is 10.8. The molecule has 0 bridgehead atoms. The number of nitrogens with one attached hydrogen (secondary N) is 2. The highest BCUT2D eigenvalue weighted by atomic mass is 16.2. The summed E-state index contributed by atoms with van der Waals surface area (Å²) >= 11 is 0. The third-order valence-corrected chi connectivity index (χ3v) is 2.52. The molecule has 2 rings (SSSR count). The fraction of sp³-hybridized carbons (Fsp3) is 0.417. The Morgan fingerprint density at radius 1 is 1.40 bits per heavy atom. The molecule has 0 saturated heterocycles. The topological polar surface area (TPSA) is 41.1 Å². The van der Waals surface area contributed by atoms with Crippen LogP contribution in [0.15, 0.2) is 24.3 Å². The lowest BCUT2D eigenvalue weighted by atomic mass is 10.1. The molecule has 1 aliphatic rings. The average molecular weight is 204 g/mol. The van der Waals surface area contributed by atoms with Gasteiger partial charge in [0.2, 0.25) is 5.91 Å². The number of hydrogen-bond acceptors (Lipinski definition) is 2. The molecule has 15 heavy (non-hydrogen) atoms. The van der Waals surface area contributed by atoms with E-state index in [1.165, 1.54) is 0 Å². The highest BCUT2D eigenvalue weighted by Gasteiger charge is 2.29. The molecule has 1 aliphatic heterocycles. The minimum atomic E-state index is -0.177. The summed E-state index contributed by atoms with van der Waals surface area (Å²) in [5, 5.41) is 6.14. The molecule has 0 saturated carbocycles. The Hall–Kier alpha value is -1.35. The predicted molar refractivity (Wildman–Crippen MR) is 60.7 cm³/mol. The van der Waals surface area contributed by atoms with Gasteiger partial charge in [-0.05, 0) is 18.5 Å². The molecule has 0 radical (unpaired) electrons. The summed E-state index contributed by atoms with van der Waals surface area (Å²) in [7, 11) is 0. The highest BCUT2D eigenvalue weighted by Crippen LogP contribution is 2.29. The summed E-state index contributed by atoms with van der Waals surface area (Å²) in [4.78, 5) is 11.7. The maximum absolute atomic E-state index is 11.7. The molecule has 0 spiro atoms. The van der Waals surface area contributed by atoms with E-state index in [9.17, 15) is 4.79 Å². The molecule has 1 aromatic carbocycles. The first-order valence-electron chi connectivity index (χ1n) is 5.31. The first-order valence-corrected chi connectivity index (χ1v) is 5.31. The number of benzene rings is 1. The number of carbonyl (C=O) groups is 1. The largest absolute Gasteiger partial charge is 0.324 e. The molecule has 0 aliphatic carbocycles. The van der Waals surface area contributed by atoms with Crippen molar-refractivity contribution < 1.29 is 4.79 Å². The van der Waals surface area contributed by atoms with Crippen LogP contribution in [0, 0.1) is 5.92 Å². The minimum Gasteiger partial charge on any atom is -0.324 e. The third-order valence-electron chi connectivity index (χ3n) is 2.52. The van der Waals surface area contributed by atoms with E-state index in [0.29, 0.717) is 5.92 Å². The van der Waals surface area contributed by atoms with Crippen LogP contribution in [0.25, 0.3) is 0 Å². The molecule has 0 fully saturated rings. The van der Waals surface area contributed by atoms with E-state index in [1.807, 2.05) is 24.3 Å². The van der Waals surface area contributed by atoms with Gasteiger partial charge in [-0.2, -0.15) is 0 Å². The van der Waals surface area contributed by atoms with Crippen molar-refractivity contribution in [3.8, 4) is 0 Å². The van der Waals surface area contributed by atoms with E-state index in [0.717, 1.165) is 17.8 Å². The quantitative estimate of drug-likeness (QED) is 0.789. The number of rotatable bonds is 3. The molecule has 1 atom stereocenters. The standard InChI is InChI=1S/C12H16N2O/c1-8(2)7-13-11-9-5-3-4-6-10(9)14-12(11)15/h3-6,8,11,13H,7H2,1-2H3,(H,14,15). The summed E-state index contributed by atoms with van der Waals surface area (Å²) < 4.78 is 0. The summed E-state index contributed by atoms with van der Waals surface area (Å²) in [5.41, 5.74) is 1.99. The summed E-state index contributed by atoms with van der Waals surface area (Å²) in [6.45, 7) is 5.12. The van der Waals surface area contributed by atoms with Crippen LogP contribution in [0.2, 0.25) is 0 Å². The van der Waals surface area contributed by atoms with Gasteiger partial charge in [-0.3, -0.25) is 4.79 Å². The molecule has 1 unspecified atom stereocenters. The van der Waals surface area contributed by atoms with E-state index in [2.05, 4.69) is 24.5 Å². The van der Waals surface area contributed by atoms with Gasteiger partial charge in [0.05, 0.1) is 0 Å². The normalized spacial score (nSPS) is 19.1. The Morgan fingerprint density at radius 3 is 2.87 bits per heavy atom. The molecule has 0 aromatic heterocycles. The van der Waals surface area contributed by atoms with Crippen molar-refractivity contribution in [1.82, 2.24) is 5.32 Å². The van der Waals surface area contributed by atoms with Crippen molar-refractivity contribution >= 4 is 11.6 Å². The van der Waals surface area contributed by atoms with Gasteiger partial charge in [0.25, 0.3) is 0 Å². The summed E-state index contributed by atoms with van der Waals surface area (Å²) in [6, 6.07) is 7.64. The second kappa shape index (κ2) is 4.03. The first kappa shape index (κ1) is 10.2. The van der Waals surface area contributed by atoms with E-state index in [-0.39, 0.29) is 11.9 Å². The highest BCUT2D eigenvalue weighted by molar-refractivity contribution is 6.02. The maximum Gasteiger partial charge on any atom is 0.246 e. The number of para-hydroxylation sites is 1. The zero-order valence-electron chi connectivity index (χ0n) is 9.08. The SMILES string of the molecule is CC(C)CNC1C(=O)Nc2ccccc21. The van der Waals surface area contributed by atoms with Crippen LogP contribution in [0.1, 0.15) is 25.5 Å². The molecule has 1 aromatic rings. The van der Waals surface area contributed by atoms with Crippen LogP contribution < -0.4 is 10.6 Å². The Bertz CT molecular complexity index is 374. The lowest BCUT2D eigenvalue weighted by Gasteiger charge is -2.12. The minimum absolute atomic E-state index is 0.0526. The molecule has 1 heterocycles. The van der Waals surface area contributed by atoms with E-state index in [1.54, 1.807) is 0 Å². The number of fused-ring (bicyclic) bond motifs is 1. The zero-order valence-corrected chi connectivity index (χ0v) is 9.08. The number of carbonyl (C=O) groups excluding carboxylic acids is 1. The van der Waals surface area contributed by atoms with Gasteiger partial charge in [-0.1, -0.05) is 32.0 Å². The fourth-order valence-electron chi connectivity index (χ4n) is 1.76. The van der Waals surface area contributed by atoms with Gasteiger partial charge >= 0.3 is 0 Å². The Kier molecular flexibility index (Phi) is 2.73. The van der Waals surface area contributed by atoms with Crippen molar-refractivity contribution in [3.63, 3.8) is 0 Å². The Balaban J connectivity index is 2.15. The van der Waals surface area contributed by atoms with Crippen LogP contribution in [0.4, 0.5) is 5.69 Å². The third kappa shape index (κ3) is 2.02. The second-order valence-electron chi connectivity index (χ2n) is 4.31. The summed E-state index contributed by atoms with van der Waals surface area (Å²) in [6.07, 6.45) is 0. The first-order chi connectivity index (χ1) is 7.18. The van der Waals surface area contributed by atoms with Crippen LogP contribution in [-0.2, 0) is 4.79 Å². The maximum atomic E-state index is 11.7. The Labute approximate surface area is 89.9 Å². The molecule has 1 amide bonds. The molecule has 80 valence electrons. The van der Waals surface area contributed by atoms with Gasteiger partial charge in [-0.25, -0.2) is 0 Å². The van der Waals surface area contributed by atoms with Gasteiger partial charge < -0.3 is 10.6 Å². The summed E-state index contributed by atoms with van der Waals surface area (Å²) in [5.74, 6) is 0.599. The molecular formula is C12H16N2O. The number of hydrogen-bond donors (Lipinski definition) is 2. The number of amides is 1. The number of anilines is 1. The van der Waals surface area contributed by atoms with Crippen molar-refractivity contribution in [1.29, 1.82) is 0 Å². The molecular weight excluding hydrogens is 188 g/mol. The Morgan fingerprint density at radius 2 is 2.13 bits per heavy atom. The monoisotopic (exact) mass is 204 g/mol. The van der Waals surface area contributed by atoms with Crippen LogP contribution in [0.3, 0.4) is 0 Å². The van der Waals surface area contributed by atoms with E-state index < -0.39 is 0 Å². The van der Waals surface area contributed by atoms with Crippen molar-refractivity contribution in [2.45, 2.75) is 19.9 Å². The molecule has 2 N–H and O–H groups in total. The van der Waals surface area contributed by atoms with Gasteiger partial charge in [0, 0.05) is 11.3 Å². The predicted octanol–water partition coefficient (Wildman–Crippen LogP) is 1.93.